The molecular formula is C20H20N2O2. The Kier molecular flexibility index (Phi) is 4.56. The highest BCUT2D eigenvalue weighted by Gasteiger charge is 2.13. The lowest BCUT2D eigenvalue weighted by atomic mass is 9.97. The number of carbonyl (C=O) groups is 1. The summed E-state index contributed by atoms with van der Waals surface area (Å²) in [4.78, 5) is 16.1. The van der Waals surface area contributed by atoms with Crippen molar-refractivity contribution in [2.24, 2.45) is 0 Å². The zero-order valence-corrected chi connectivity index (χ0v) is 14.2. The largest absolute Gasteiger partial charge is 0.361 e. The van der Waals surface area contributed by atoms with Crippen LogP contribution in [-0.4, -0.2) is 15.9 Å². The van der Waals surface area contributed by atoms with Gasteiger partial charge in [0.15, 0.2) is 5.78 Å². The van der Waals surface area contributed by atoms with Crippen molar-refractivity contribution in [2.45, 2.75) is 33.6 Å². The van der Waals surface area contributed by atoms with E-state index in [1.165, 1.54) is 16.7 Å². The maximum absolute atomic E-state index is 12.1. The second-order valence-corrected chi connectivity index (χ2v) is 6.12. The van der Waals surface area contributed by atoms with Crippen molar-refractivity contribution in [3.63, 3.8) is 0 Å². The summed E-state index contributed by atoms with van der Waals surface area (Å²) in [6.45, 7) is 6.24. The number of Topliss-reactive ketones (excluding diaryl/α,β-unsaturated/α-hetero) is 1. The number of hydrogen-bond donors (Lipinski definition) is 0. The minimum absolute atomic E-state index is 0.0590. The summed E-state index contributed by atoms with van der Waals surface area (Å²) in [5, 5.41) is 4.19. The lowest BCUT2D eigenvalue weighted by Gasteiger charge is -2.07. The third kappa shape index (κ3) is 3.43. The van der Waals surface area contributed by atoms with Gasteiger partial charge in [-0.05, 0) is 44.0 Å². The first-order chi connectivity index (χ1) is 11.5. The number of ketones is 1. The Bertz CT molecular complexity index is 843. The quantitative estimate of drug-likeness (QED) is 0.651. The third-order valence-electron chi connectivity index (χ3n) is 4.07. The van der Waals surface area contributed by atoms with Gasteiger partial charge >= 0.3 is 0 Å². The molecule has 122 valence electrons. The lowest BCUT2D eigenvalue weighted by Crippen LogP contribution is -2.00. The molecule has 3 rings (SSSR count). The Labute approximate surface area is 141 Å². The summed E-state index contributed by atoms with van der Waals surface area (Å²) >= 11 is 0. The van der Waals surface area contributed by atoms with E-state index in [9.17, 15) is 4.79 Å². The van der Waals surface area contributed by atoms with E-state index in [4.69, 9.17) is 4.52 Å². The van der Waals surface area contributed by atoms with Gasteiger partial charge in [0.2, 0.25) is 0 Å². The van der Waals surface area contributed by atoms with Gasteiger partial charge in [-0.15, -0.1) is 0 Å². The summed E-state index contributed by atoms with van der Waals surface area (Å²) in [5.74, 6) is 0.783. The zero-order chi connectivity index (χ0) is 17.1. The Morgan fingerprint density at radius 1 is 1.12 bits per heavy atom. The predicted molar refractivity (Wildman–Crippen MR) is 93.0 cm³/mol. The van der Waals surface area contributed by atoms with E-state index in [1.807, 2.05) is 6.07 Å². The molecule has 0 saturated heterocycles. The van der Waals surface area contributed by atoms with Crippen LogP contribution in [0.25, 0.3) is 11.3 Å². The lowest BCUT2D eigenvalue weighted by molar-refractivity contribution is 0.0980. The first kappa shape index (κ1) is 16.1. The number of nitrogens with zero attached hydrogens (tertiary/aromatic N) is 2. The Morgan fingerprint density at radius 2 is 1.88 bits per heavy atom. The second kappa shape index (κ2) is 6.79. The Morgan fingerprint density at radius 3 is 2.54 bits per heavy atom. The van der Waals surface area contributed by atoms with Crippen molar-refractivity contribution in [3.05, 3.63) is 70.7 Å². The van der Waals surface area contributed by atoms with Crippen LogP contribution in [0.4, 0.5) is 0 Å². The fourth-order valence-electron chi connectivity index (χ4n) is 3.04. The molecule has 0 aliphatic rings. The second-order valence-electron chi connectivity index (χ2n) is 6.12. The standard InChI is InChI=1S/C20H20N2O2/c1-13-9-14(2)20(15(3)10-13)18-11-17(24-22-18)6-7-19(23)16-5-4-8-21-12-16/h4-5,8-12H,6-7H2,1-3H3. The fourth-order valence-corrected chi connectivity index (χ4v) is 3.04. The predicted octanol–water partition coefficient (Wildman–Crippen LogP) is 4.48. The average molecular weight is 320 g/mol. The van der Waals surface area contributed by atoms with E-state index in [0.29, 0.717) is 18.4 Å². The van der Waals surface area contributed by atoms with Crippen LogP contribution in [0.2, 0.25) is 0 Å². The van der Waals surface area contributed by atoms with Crippen LogP contribution in [0.15, 0.2) is 47.2 Å². The van der Waals surface area contributed by atoms with Crippen molar-refractivity contribution in [3.8, 4) is 11.3 Å². The molecule has 3 aromatic rings. The van der Waals surface area contributed by atoms with Crippen molar-refractivity contribution < 1.29 is 9.32 Å². The van der Waals surface area contributed by atoms with Gasteiger partial charge < -0.3 is 4.52 Å². The van der Waals surface area contributed by atoms with Crippen LogP contribution in [0, 0.1) is 20.8 Å². The summed E-state index contributed by atoms with van der Waals surface area (Å²) < 4.78 is 5.43. The molecule has 4 nitrogen and oxygen atoms in total. The molecule has 0 fully saturated rings. The number of hydrogen-bond acceptors (Lipinski definition) is 4. The van der Waals surface area contributed by atoms with Crippen LogP contribution in [0.5, 0.6) is 0 Å². The molecule has 0 saturated carbocycles. The highest BCUT2D eigenvalue weighted by Crippen LogP contribution is 2.28. The van der Waals surface area contributed by atoms with Crippen LogP contribution in [0.1, 0.15) is 39.2 Å². The maximum atomic E-state index is 12.1. The van der Waals surface area contributed by atoms with Crippen LogP contribution >= 0.6 is 0 Å². The topological polar surface area (TPSA) is 56.0 Å². The first-order valence-electron chi connectivity index (χ1n) is 8.01. The number of aryl methyl sites for hydroxylation is 4. The van der Waals surface area contributed by atoms with E-state index >= 15 is 0 Å². The van der Waals surface area contributed by atoms with Gasteiger partial charge in [-0.1, -0.05) is 22.9 Å². The van der Waals surface area contributed by atoms with Gasteiger partial charge in [-0.2, -0.15) is 0 Å². The molecule has 4 heteroatoms. The van der Waals surface area contributed by atoms with Crippen LogP contribution in [-0.2, 0) is 6.42 Å². The number of pyridine rings is 1. The van der Waals surface area contributed by atoms with Crippen LogP contribution < -0.4 is 0 Å². The molecule has 0 aliphatic heterocycles. The third-order valence-corrected chi connectivity index (χ3v) is 4.07. The van der Waals surface area contributed by atoms with Crippen molar-refractivity contribution >= 4 is 5.78 Å². The van der Waals surface area contributed by atoms with E-state index in [2.05, 4.69) is 43.0 Å². The molecule has 0 N–H and O–H groups in total. The highest BCUT2D eigenvalue weighted by atomic mass is 16.5. The molecule has 0 spiro atoms. The molecule has 0 atom stereocenters. The SMILES string of the molecule is Cc1cc(C)c(-c2cc(CCC(=O)c3cccnc3)on2)c(C)c1. The maximum Gasteiger partial charge on any atom is 0.164 e. The van der Waals surface area contributed by atoms with E-state index < -0.39 is 0 Å². The monoisotopic (exact) mass is 320 g/mol. The zero-order valence-electron chi connectivity index (χ0n) is 14.2. The van der Waals surface area contributed by atoms with E-state index in [-0.39, 0.29) is 5.78 Å². The molecule has 0 bridgehead atoms. The van der Waals surface area contributed by atoms with Crippen molar-refractivity contribution in [2.75, 3.05) is 0 Å². The van der Waals surface area contributed by atoms with Gasteiger partial charge in [-0.25, -0.2) is 0 Å². The molecule has 0 aliphatic carbocycles. The molecule has 24 heavy (non-hydrogen) atoms. The summed E-state index contributed by atoms with van der Waals surface area (Å²) in [6.07, 6.45) is 4.16. The number of rotatable bonds is 5. The first-order valence-corrected chi connectivity index (χ1v) is 8.01. The fraction of sp³-hybridized carbons (Fsp3) is 0.250. The molecular weight excluding hydrogens is 300 g/mol. The number of carbonyl (C=O) groups excluding carboxylic acids is 1. The molecule has 0 amide bonds. The summed E-state index contributed by atoms with van der Waals surface area (Å²) in [5.41, 5.74) is 6.16. The van der Waals surface area contributed by atoms with E-state index in [1.54, 1.807) is 24.5 Å². The summed E-state index contributed by atoms with van der Waals surface area (Å²) in [6, 6.07) is 9.76. The minimum Gasteiger partial charge on any atom is -0.361 e. The van der Waals surface area contributed by atoms with Gasteiger partial charge in [-0.3, -0.25) is 9.78 Å². The molecule has 0 unspecified atom stereocenters. The Hall–Kier alpha value is -2.75. The van der Waals surface area contributed by atoms with Gasteiger partial charge in [0.1, 0.15) is 11.5 Å². The number of aromatic nitrogens is 2. The smallest absolute Gasteiger partial charge is 0.164 e. The van der Waals surface area contributed by atoms with Crippen LogP contribution in [0.3, 0.4) is 0 Å². The minimum atomic E-state index is 0.0590. The van der Waals surface area contributed by atoms with E-state index in [0.717, 1.165) is 17.0 Å². The summed E-state index contributed by atoms with van der Waals surface area (Å²) in [7, 11) is 0. The van der Waals surface area contributed by atoms with Gasteiger partial charge in [0, 0.05) is 42.4 Å². The molecule has 2 aromatic heterocycles. The molecule has 2 heterocycles. The van der Waals surface area contributed by atoms with Crippen molar-refractivity contribution in [1.82, 2.24) is 10.1 Å². The Balaban J connectivity index is 1.74. The molecule has 1 aromatic carbocycles. The normalized spacial score (nSPS) is 10.8. The number of benzene rings is 1. The van der Waals surface area contributed by atoms with Gasteiger partial charge in [0.05, 0.1) is 0 Å². The highest BCUT2D eigenvalue weighted by molar-refractivity contribution is 5.95. The van der Waals surface area contributed by atoms with Crippen molar-refractivity contribution in [1.29, 1.82) is 0 Å². The van der Waals surface area contributed by atoms with Gasteiger partial charge in [0.25, 0.3) is 0 Å². The average Bonchev–Trinajstić information content (AvgIpc) is 3.01. The molecule has 0 radical (unpaired) electrons.